The number of carbonyl (C=O) groups is 1. The molecule has 1 aromatic carbocycles. The highest BCUT2D eigenvalue weighted by Gasteiger charge is 2.03. The van der Waals surface area contributed by atoms with Crippen LogP contribution in [0.1, 0.15) is 25.3 Å². The predicted molar refractivity (Wildman–Crippen MR) is 56.9 cm³/mol. The maximum absolute atomic E-state index is 12.9. The van der Waals surface area contributed by atoms with E-state index in [1.54, 1.807) is 13.0 Å². The molecular weight excluding hydrogens is 214 g/mol. The minimum Gasteiger partial charge on any atom is -0.481 e. The SMILES string of the molecule is C/C(=C\CCC(=O)O)c1ccc(F)c(F)c1. The molecule has 0 aliphatic rings. The van der Waals surface area contributed by atoms with Crippen LogP contribution < -0.4 is 0 Å². The number of rotatable bonds is 4. The first-order valence-electron chi connectivity index (χ1n) is 4.84. The van der Waals surface area contributed by atoms with Crippen LogP contribution in [0.3, 0.4) is 0 Å². The van der Waals surface area contributed by atoms with Crippen molar-refractivity contribution in [1.29, 1.82) is 0 Å². The van der Waals surface area contributed by atoms with Crippen molar-refractivity contribution in [2.75, 3.05) is 0 Å². The summed E-state index contributed by atoms with van der Waals surface area (Å²) in [6.45, 7) is 1.73. The molecule has 0 amide bonds. The van der Waals surface area contributed by atoms with Crippen LogP contribution >= 0.6 is 0 Å². The van der Waals surface area contributed by atoms with Crippen molar-refractivity contribution in [2.45, 2.75) is 19.8 Å². The van der Waals surface area contributed by atoms with Crippen LogP contribution in [0.5, 0.6) is 0 Å². The Morgan fingerprint density at radius 3 is 2.62 bits per heavy atom. The zero-order valence-corrected chi connectivity index (χ0v) is 8.84. The third-order valence-corrected chi connectivity index (χ3v) is 2.18. The van der Waals surface area contributed by atoms with Crippen LogP contribution in [0.15, 0.2) is 24.3 Å². The van der Waals surface area contributed by atoms with Gasteiger partial charge in [-0.1, -0.05) is 12.1 Å². The van der Waals surface area contributed by atoms with Crippen LogP contribution in [0.25, 0.3) is 5.57 Å². The van der Waals surface area contributed by atoms with Crippen molar-refractivity contribution in [1.82, 2.24) is 0 Å². The van der Waals surface area contributed by atoms with Gasteiger partial charge in [-0.05, 0) is 36.6 Å². The van der Waals surface area contributed by atoms with Gasteiger partial charge < -0.3 is 5.11 Å². The molecule has 0 aliphatic heterocycles. The molecule has 4 heteroatoms. The first-order chi connectivity index (χ1) is 7.50. The fraction of sp³-hybridized carbons (Fsp3) is 0.250. The number of halogens is 2. The topological polar surface area (TPSA) is 37.3 Å². The van der Waals surface area contributed by atoms with Crippen molar-refractivity contribution in [3.05, 3.63) is 41.5 Å². The zero-order valence-electron chi connectivity index (χ0n) is 8.84. The summed E-state index contributed by atoms with van der Waals surface area (Å²) in [5, 5.41) is 8.44. The van der Waals surface area contributed by atoms with Crippen molar-refractivity contribution in [2.24, 2.45) is 0 Å². The summed E-state index contributed by atoms with van der Waals surface area (Å²) in [5.74, 6) is -2.67. The molecule has 1 rings (SSSR count). The number of allylic oxidation sites excluding steroid dienone is 2. The second-order valence-corrected chi connectivity index (χ2v) is 3.45. The highest BCUT2D eigenvalue weighted by Crippen LogP contribution is 2.17. The normalized spacial score (nSPS) is 11.6. The average Bonchev–Trinajstić information content (AvgIpc) is 2.21. The van der Waals surface area contributed by atoms with Gasteiger partial charge in [-0.25, -0.2) is 8.78 Å². The Kier molecular flexibility index (Phi) is 4.17. The molecule has 0 unspecified atom stereocenters. The van der Waals surface area contributed by atoms with Gasteiger partial charge in [-0.2, -0.15) is 0 Å². The number of hydrogen-bond acceptors (Lipinski definition) is 1. The van der Waals surface area contributed by atoms with Crippen LogP contribution in [0.4, 0.5) is 8.78 Å². The van der Waals surface area contributed by atoms with E-state index in [0.29, 0.717) is 12.0 Å². The predicted octanol–water partition coefficient (Wildman–Crippen LogP) is 3.23. The molecule has 0 fully saturated rings. The molecule has 0 aromatic heterocycles. The van der Waals surface area contributed by atoms with Gasteiger partial charge in [0.2, 0.25) is 0 Å². The molecule has 86 valence electrons. The molecule has 0 saturated heterocycles. The van der Waals surface area contributed by atoms with Gasteiger partial charge in [0, 0.05) is 6.42 Å². The number of benzene rings is 1. The number of aliphatic carboxylic acids is 1. The van der Waals surface area contributed by atoms with E-state index in [1.807, 2.05) is 0 Å². The molecule has 1 N–H and O–H groups in total. The number of carboxylic acids is 1. The van der Waals surface area contributed by atoms with E-state index in [4.69, 9.17) is 5.11 Å². The lowest BCUT2D eigenvalue weighted by Gasteiger charge is -2.02. The minimum absolute atomic E-state index is 0.0288. The molecule has 0 atom stereocenters. The summed E-state index contributed by atoms with van der Waals surface area (Å²) in [7, 11) is 0. The van der Waals surface area contributed by atoms with Gasteiger partial charge in [0.05, 0.1) is 0 Å². The van der Waals surface area contributed by atoms with Crippen molar-refractivity contribution < 1.29 is 18.7 Å². The van der Waals surface area contributed by atoms with Crippen LogP contribution in [0, 0.1) is 11.6 Å². The highest BCUT2D eigenvalue weighted by molar-refractivity contribution is 5.68. The third kappa shape index (κ3) is 3.46. The zero-order chi connectivity index (χ0) is 12.1. The van der Waals surface area contributed by atoms with E-state index >= 15 is 0 Å². The van der Waals surface area contributed by atoms with E-state index in [-0.39, 0.29) is 6.42 Å². The molecule has 0 spiro atoms. The molecule has 16 heavy (non-hydrogen) atoms. The molecule has 0 saturated carbocycles. The molecule has 0 radical (unpaired) electrons. The Balaban J connectivity index is 2.75. The molecule has 0 bridgehead atoms. The van der Waals surface area contributed by atoms with Crippen LogP contribution in [0.2, 0.25) is 0 Å². The van der Waals surface area contributed by atoms with Gasteiger partial charge in [0.25, 0.3) is 0 Å². The number of carboxylic acid groups (broad SMARTS) is 1. The smallest absolute Gasteiger partial charge is 0.303 e. The lowest BCUT2D eigenvalue weighted by atomic mass is 10.1. The monoisotopic (exact) mass is 226 g/mol. The molecule has 2 nitrogen and oxygen atoms in total. The largest absolute Gasteiger partial charge is 0.481 e. The minimum atomic E-state index is -0.900. The lowest BCUT2D eigenvalue weighted by Crippen LogP contribution is -1.92. The van der Waals surface area contributed by atoms with Crippen molar-refractivity contribution in [3.8, 4) is 0 Å². The molecule has 0 heterocycles. The summed E-state index contributed by atoms with van der Waals surface area (Å²) in [6, 6.07) is 3.62. The van der Waals surface area contributed by atoms with Gasteiger partial charge in [-0.15, -0.1) is 0 Å². The van der Waals surface area contributed by atoms with Crippen LogP contribution in [-0.4, -0.2) is 11.1 Å². The first kappa shape index (κ1) is 12.4. The standard InChI is InChI=1S/C12H12F2O2/c1-8(3-2-4-12(15)16)9-5-6-10(13)11(14)7-9/h3,5-7H,2,4H2,1H3,(H,15,16)/b8-3+. The van der Waals surface area contributed by atoms with Gasteiger partial charge in [-0.3, -0.25) is 4.79 Å². The van der Waals surface area contributed by atoms with E-state index in [2.05, 4.69) is 0 Å². The molecule has 0 aliphatic carbocycles. The average molecular weight is 226 g/mol. The van der Waals surface area contributed by atoms with Gasteiger partial charge >= 0.3 is 5.97 Å². The van der Waals surface area contributed by atoms with E-state index in [1.165, 1.54) is 6.07 Å². The van der Waals surface area contributed by atoms with E-state index in [9.17, 15) is 13.6 Å². The Morgan fingerprint density at radius 1 is 1.38 bits per heavy atom. The first-order valence-corrected chi connectivity index (χ1v) is 4.84. The lowest BCUT2D eigenvalue weighted by molar-refractivity contribution is -0.136. The Labute approximate surface area is 92.2 Å². The quantitative estimate of drug-likeness (QED) is 0.855. The maximum atomic E-state index is 12.9. The van der Waals surface area contributed by atoms with Gasteiger partial charge in [0.1, 0.15) is 0 Å². The van der Waals surface area contributed by atoms with Crippen molar-refractivity contribution in [3.63, 3.8) is 0 Å². The van der Waals surface area contributed by atoms with E-state index in [0.717, 1.165) is 17.7 Å². The third-order valence-electron chi connectivity index (χ3n) is 2.18. The fourth-order valence-electron chi connectivity index (χ4n) is 1.27. The highest BCUT2D eigenvalue weighted by atomic mass is 19.2. The summed E-state index contributed by atoms with van der Waals surface area (Å²) >= 11 is 0. The molecular formula is C12H12F2O2. The Hall–Kier alpha value is -1.71. The van der Waals surface area contributed by atoms with Crippen molar-refractivity contribution >= 4 is 11.5 Å². The number of hydrogen-bond donors (Lipinski definition) is 1. The summed E-state index contributed by atoms with van der Waals surface area (Å²) in [4.78, 5) is 10.3. The van der Waals surface area contributed by atoms with Crippen LogP contribution in [-0.2, 0) is 4.79 Å². The fourth-order valence-corrected chi connectivity index (χ4v) is 1.27. The Morgan fingerprint density at radius 2 is 2.06 bits per heavy atom. The summed E-state index contributed by atoms with van der Waals surface area (Å²) < 4.78 is 25.5. The molecule has 1 aromatic rings. The second-order valence-electron chi connectivity index (χ2n) is 3.45. The summed E-state index contributed by atoms with van der Waals surface area (Å²) in [6.07, 6.45) is 2.10. The second kappa shape index (κ2) is 5.39. The summed E-state index contributed by atoms with van der Waals surface area (Å²) in [5.41, 5.74) is 1.30. The Bertz CT molecular complexity index is 425. The maximum Gasteiger partial charge on any atom is 0.303 e. The van der Waals surface area contributed by atoms with Gasteiger partial charge in [0.15, 0.2) is 11.6 Å². The van der Waals surface area contributed by atoms with E-state index < -0.39 is 17.6 Å².